The summed E-state index contributed by atoms with van der Waals surface area (Å²) in [5.74, 6) is -1.13. The van der Waals surface area contributed by atoms with Crippen LogP contribution < -0.4 is 22.3 Å². The van der Waals surface area contributed by atoms with Gasteiger partial charge in [0.15, 0.2) is 11.6 Å². The highest BCUT2D eigenvalue weighted by Crippen LogP contribution is 2.31. The minimum Gasteiger partial charge on any atom is -0.498 e. The molecule has 1 atom stereocenters. The normalized spacial score (nSPS) is 17.0. The van der Waals surface area contributed by atoms with E-state index in [-0.39, 0.29) is 35.7 Å². The fourth-order valence-electron chi connectivity index (χ4n) is 4.26. The summed E-state index contributed by atoms with van der Waals surface area (Å²) in [6.45, 7) is 2.62. The van der Waals surface area contributed by atoms with Crippen molar-refractivity contribution in [3.05, 3.63) is 114 Å². The lowest BCUT2D eigenvalue weighted by molar-refractivity contribution is 0.222. The number of pyridine rings is 1. The van der Waals surface area contributed by atoms with Crippen molar-refractivity contribution in [3.8, 4) is 0 Å². The molecule has 0 radical (unpaired) electrons. The number of aryl methyl sites for hydroxylation is 1. The van der Waals surface area contributed by atoms with Gasteiger partial charge in [-0.3, -0.25) is 9.36 Å². The second-order valence-electron chi connectivity index (χ2n) is 9.09. The van der Waals surface area contributed by atoms with E-state index in [4.69, 9.17) is 9.47 Å². The Balaban J connectivity index is 1.85. The molecule has 2 aromatic heterocycles. The number of aromatic amines is 1. The molecule has 12 heteroatoms. The molecule has 1 aromatic carbocycles. The monoisotopic (exact) mass is 527 g/mol. The molecule has 38 heavy (non-hydrogen) atoms. The van der Waals surface area contributed by atoms with E-state index in [1.807, 2.05) is 0 Å². The predicted octanol–water partition coefficient (Wildman–Crippen LogP) is 2.41. The number of methoxy groups -OCH3 is 2. The lowest BCUT2D eigenvalue weighted by atomic mass is 9.90. The van der Waals surface area contributed by atoms with Crippen LogP contribution in [-0.2, 0) is 22.6 Å². The van der Waals surface area contributed by atoms with E-state index in [0.29, 0.717) is 17.9 Å². The van der Waals surface area contributed by atoms with Crippen LogP contribution in [0.15, 0.2) is 68.5 Å². The largest absolute Gasteiger partial charge is 0.498 e. The van der Waals surface area contributed by atoms with Gasteiger partial charge in [0.1, 0.15) is 11.5 Å². The van der Waals surface area contributed by atoms with E-state index >= 15 is 0 Å². The summed E-state index contributed by atoms with van der Waals surface area (Å²) >= 11 is 0. The van der Waals surface area contributed by atoms with Gasteiger partial charge in [0.05, 0.1) is 32.8 Å². The lowest BCUT2D eigenvalue weighted by Gasteiger charge is -2.34. The topological polar surface area (TPSA) is 120 Å². The van der Waals surface area contributed by atoms with Crippen LogP contribution in [0.5, 0.6) is 0 Å². The molecule has 1 aliphatic rings. The predicted molar refractivity (Wildman–Crippen MR) is 136 cm³/mol. The fraction of sp³-hybridized carbons (Fsp3) is 0.308. The van der Waals surface area contributed by atoms with Crippen molar-refractivity contribution in [2.24, 2.45) is 0 Å². The third-order valence-electron chi connectivity index (χ3n) is 6.36. The quantitative estimate of drug-likeness (QED) is 0.462. The molecule has 2 N–H and O–H groups in total. The van der Waals surface area contributed by atoms with Gasteiger partial charge in [-0.25, -0.2) is 22.9 Å². The number of aromatic nitrogens is 4. The first-order chi connectivity index (χ1) is 18.1. The molecule has 0 saturated heterocycles. The Hall–Kier alpha value is -4.48. The van der Waals surface area contributed by atoms with Crippen molar-refractivity contribution in [1.82, 2.24) is 19.1 Å². The molecule has 4 rings (SSSR count). The van der Waals surface area contributed by atoms with Gasteiger partial charge >= 0.3 is 11.4 Å². The third kappa shape index (κ3) is 5.15. The zero-order valence-corrected chi connectivity index (χ0v) is 21.3. The van der Waals surface area contributed by atoms with Gasteiger partial charge in [-0.1, -0.05) is 12.1 Å². The van der Waals surface area contributed by atoms with E-state index in [1.165, 1.54) is 39.5 Å². The Morgan fingerprint density at radius 1 is 1.13 bits per heavy atom. The van der Waals surface area contributed by atoms with E-state index in [0.717, 1.165) is 15.2 Å². The molecular formula is C26H27F2N5O5. The first kappa shape index (κ1) is 26.6. The Labute approximate surface area is 215 Å². The van der Waals surface area contributed by atoms with E-state index in [1.54, 1.807) is 25.1 Å². The molecule has 0 aliphatic heterocycles. The fourth-order valence-corrected chi connectivity index (χ4v) is 4.26. The van der Waals surface area contributed by atoms with Crippen LogP contribution in [0.4, 0.5) is 14.7 Å². The standard InChI is InChI=1S/C26H27F2N5O5/c1-15-10-16(11-19(27)21(15)28)13-32-23(31-26(2)8-7-18(37-3)12-20(26)38-4)30-24(35)33(25(32)36)14-17-6-5-9-29-22(17)34/h5-7,9-12H,8,13-14H2,1-4H3,(H,29,34)(H,30,31,35). The molecule has 1 unspecified atom stereocenters. The van der Waals surface area contributed by atoms with Crippen molar-refractivity contribution in [3.63, 3.8) is 0 Å². The van der Waals surface area contributed by atoms with Gasteiger partial charge in [0, 0.05) is 17.8 Å². The average molecular weight is 528 g/mol. The second kappa shape index (κ2) is 10.5. The van der Waals surface area contributed by atoms with Crippen molar-refractivity contribution in [2.75, 3.05) is 19.5 Å². The third-order valence-corrected chi connectivity index (χ3v) is 6.36. The maximum Gasteiger partial charge on any atom is 0.355 e. The summed E-state index contributed by atoms with van der Waals surface area (Å²) in [7, 11) is 3.00. The van der Waals surface area contributed by atoms with Gasteiger partial charge < -0.3 is 19.8 Å². The smallest absolute Gasteiger partial charge is 0.355 e. The van der Waals surface area contributed by atoms with Gasteiger partial charge in [-0.05, 0) is 49.6 Å². The number of allylic oxidation sites excluding steroid dienone is 1. The molecule has 0 bridgehead atoms. The minimum absolute atomic E-state index is 0.0562. The van der Waals surface area contributed by atoms with E-state index in [2.05, 4.69) is 15.3 Å². The minimum atomic E-state index is -1.07. The van der Waals surface area contributed by atoms with Crippen LogP contribution in [0.25, 0.3) is 0 Å². The number of nitrogens with one attached hydrogen (secondary N) is 2. The molecule has 10 nitrogen and oxygen atoms in total. The Bertz CT molecular complexity index is 1600. The maximum absolute atomic E-state index is 14.2. The molecule has 0 saturated carbocycles. The second-order valence-corrected chi connectivity index (χ2v) is 9.09. The number of rotatable bonds is 8. The SMILES string of the molecule is COC1=CCC(C)(Nc2nc(=O)n(Cc3ccc[nH]c3=O)c(=O)n2Cc2cc(C)c(F)c(F)c2)C(OC)=C1. The number of nitrogens with zero attached hydrogens (tertiary/aromatic N) is 3. The van der Waals surface area contributed by atoms with Crippen LogP contribution >= 0.6 is 0 Å². The van der Waals surface area contributed by atoms with Crippen molar-refractivity contribution >= 4 is 5.95 Å². The van der Waals surface area contributed by atoms with Gasteiger partial charge in [-0.2, -0.15) is 4.98 Å². The summed E-state index contributed by atoms with van der Waals surface area (Å²) in [6, 6.07) is 5.44. The number of benzene rings is 1. The van der Waals surface area contributed by atoms with E-state index in [9.17, 15) is 23.2 Å². The zero-order chi connectivity index (χ0) is 27.6. The average Bonchev–Trinajstić information content (AvgIpc) is 2.88. The van der Waals surface area contributed by atoms with Crippen LogP contribution in [0, 0.1) is 18.6 Å². The number of ether oxygens (including phenoxy) is 2. The van der Waals surface area contributed by atoms with Gasteiger partial charge in [0.2, 0.25) is 5.95 Å². The number of anilines is 1. The highest BCUT2D eigenvalue weighted by Gasteiger charge is 2.34. The van der Waals surface area contributed by atoms with Gasteiger partial charge in [-0.15, -0.1) is 0 Å². The Morgan fingerprint density at radius 2 is 1.89 bits per heavy atom. The molecule has 200 valence electrons. The lowest BCUT2D eigenvalue weighted by Crippen LogP contribution is -2.47. The molecule has 0 amide bonds. The van der Waals surface area contributed by atoms with Crippen LogP contribution in [0.1, 0.15) is 30.0 Å². The summed E-state index contributed by atoms with van der Waals surface area (Å²) in [4.78, 5) is 45.5. The molecular weight excluding hydrogens is 500 g/mol. The molecule has 2 heterocycles. The summed E-state index contributed by atoms with van der Waals surface area (Å²) in [5, 5.41) is 3.13. The summed E-state index contributed by atoms with van der Waals surface area (Å²) in [6.07, 6.45) is 5.26. The molecule has 0 fully saturated rings. The Morgan fingerprint density at radius 3 is 2.55 bits per heavy atom. The van der Waals surface area contributed by atoms with Crippen LogP contribution in [-0.4, -0.2) is 38.9 Å². The number of H-pyrrole nitrogens is 1. The van der Waals surface area contributed by atoms with Crippen molar-refractivity contribution < 1.29 is 18.3 Å². The zero-order valence-electron chi connectivity index (χ0n) is 21.3. The number of hydrogen-bond donors (Lipinski definition) is 2. The maximum atomic E-state index is 14.2. The number of halogens is 2. The summed E-state index contributed by atoms with van der Waals surface area (Å²) in [5.41, 5.74) is -2.59. The van der Waals surface area contributed by atoms with Crippen LogP contribution in [0.3, 0.4) is 0 Å². The van der Waals surface area contributed by atoms with Crippen molar-refractivity contribution in [1.29, 1.82) is 0 Å². The first-order valence-corrected chi connectivity index (χ1v) is 11.7. The number of hydrogen-bond acceptors (Lipinski definition) is 7. The highest BCUT2D eigenvalue weighted by molar-refractivity contribution is 5.41. The van der Waals surface area contributed by atoms with E-state index < -0.39 is 34.1 Å². The van der Waals surface area contributed by atoms with Crippen molar-refractivity contribution in [2.45, 2.75) is 38.9 Å². The molecule has 1 aliphatic carbocycles. The van der Waals surface area contributed by atoms with Gasteiger partial charge in [0.25, 0.3) is 5.56 Å². The molecule has 3 aromatic rings. The Kier molecular flexibility index (Phi) is 7.33. The first-order valence-electron chi connectivity index (χ1n) is 11.7. The summed E-state index contributed by atoms with van der Waals surface area (Å²) < 4.78 is 40.9. The molecule has 0 spiro atoms. The highest BCUT2D eigenvalue weighted by atomic mass is 19.2. The van der Waals surface area contributed by atoms with Crippen LogP contribution in [0.2, 0.25) is 0 Å².